The smallest absolute Gasteiger partial charge is 0.246 e. The van der Waals surface area contributed by atoms with E-state index in [1.165, 1.54) is 0 Å². The predicted molar refractivity (Wildman–Crippen MR) is 70.7 cm³/mol. The van der Waals surface area contributed by atoms with Gasteiger partial charge in [-0.05, 0) is 24.6 Å². The first-order valence-corrected chi connectivity index (χ1v) is 6.25. The highest BCUT2D eigenvalue weighted by atomic mass is 79.9. The van der Waals surface area contributed by atoms with Crippen LogP contribution in [0.1, 0.15) is 18.5 Å². The summed E-state index contributed by atoms with van der Waals surface area (Å²) in [5.74, 6) is -0.987. The van der Waals surface area contributed by atoms with Crippen LogP contribution in [0.5, 0.6) is 0 Å². The van der Waals surface area contributed by atoms with Gasteiger partial charge in [-0.15, -0.1) is 0 Å². The second-order valence-electron chi connectivity index (χ2n) is 3.60. The Morgan fingerprint density at radius 2 is 2.22 bits per heavy atom. The van der Waals surface area contributed by atoms with Gasteiger partial charge in [0.15, 0.2) is 0 Å². The van der Waals surface area contributed by atoms with Crippen molar-refractivity contribution in [1.82, 2.24) is 5.32 Å². The summed E-state index contributed by atoms with van der Waals surface area (Å²) in [7, 11) is 0. The molecule has 1 aromatic carbocycles. The fourth-order valence-corrected chi connectivity index (χ4v) is 1.82. The third kappa shape index (κ3) is 4.46. The van der Waals surface area contributed by atoms with E-state index in [1.54, 1.807) is 25.1 Å². The lowest BCUT2D eigenvalue weighted by Gasteiger charge is -2.16. The summed E-state index contributed by atoms with van der Waals surface area (Å²) in [5, 5.41) is 2.54. The fourth-order valence-electron chi connectivity index (χ4n) is 1.40. The van der Waals surface area contributed by atoms with Crippen LogP contribution in [0.25, 0.3) is 0 Å². The van der Waals surface area contributed by atoms with E-state index in [4.69, 9.17) is 10.5 Å². The second kappa shape index (κ2) is 7.13. The summed E-state index contributed by atoms with van der Waals surface area (Å²) >= 11 is 3.30. The Morgan fingerprint density at radius 1 is 1.50 bits per heavy atom. The fraction of sp³-hybridized carbons (Fsp3) is 0.333. The molecular weight excluding hydrogens is 300 g/mol. The number of amides is 2. The molecule has 0 saturated carbocycles. The highest BCUT2D eigenvalue weighted by Crippen LogP contribution is 2.18. The summed E-state index contributed by atoms with van der Waals surface area (Å²) in [5.41, 5.74) is 5.91. The zero-order valence-corrected chi connectivity index (χ0v) is 11.6. The highest BCUT2D eigenvalue weighted by Gasteiger charge is 2.20. The van der Waals surface area contributed by atoms with E-state index in [-0.39, 0.29) is 12.5 Å². The minimum atomic E-state index is -0.851. The van der Waals surface area contributed by atoms with E-state index in [9.17, 15) is 9.59 Å². The van der Waals surface area contributed by atoms with Gasteiger partial charge in [-0.25, -0.2) is 0 Å². The van der Waals surface area contributed by atoms with Crippen molar-refractivity contribution in [2.24, 2.45) is 5.73 Å². The summed E-state index contributed by atoms with van der Waals surface area (Å²) in [6, 6.07) is 6.20. The van der Waals surface area contributed by atoms with Crippen LogP contribution in [-0.4, -0.2) is 25.0 Å². The zero-order chi connectivity index (χ0) is 13.5. The molecule has 2 amide bonds. The quantitative estimate of drug-likeness (QED) is 0.825. The third-order valence-electron chi connectivity index (χ3n) is 2.21. The number of halogens is 1. The Hall–Kier alpha value is -1.40. The molecule has 98 valence electrons. The number of nitrogens with one attached hydrogen (secondary N) is 1. The lowest BCUT2D eigenvalue weighted by molar-refractivity contribution is -0.130. The van der Waals surface area contributed by atoms with Gasteiger partial charge in [0.1, 0.15) is 12.6 Å². The number of carbonyl (C=O) groups excluding carboxylic acids is 2. The molecule has 1 rings (SSSR count). The maximum atomic E-state index is 11.5. The Morgan fingerprint density at radius 3 is 2.78 bits per heavy atom. The predicted octanol–water partition coefficient (Wildman–Crippen LogP) is 1.13. The lowest BCUT2D eigenvalue weighted by atomic mass is 10.1. The molecule has 0 spiro atoms. The van der Waals surface area contributed by atoms with Gasteiger partial charge in [0.05, 0.1) is 0 Å². The summed E-state index contributed by atoms with van der Waals surface area (Å²) in [6.45, 7) is 2.13. The molecule has 1 atom stereocenters. The first-order chi connectivity index (χ1) is 8.54. The Kier molecular flexibility index (Phi) is 5.80. The normalized spacial score (nSPS) is 11.9. The van der Waals surface area contributed by atoms with Crippen LogP contribution in [0.3, 0.4) is 0 Å². The molecule has 6 heteroatoms. The number of hydrogen-bond acceptors (Lipinski definition) is 3. The molecule has 0 radical (unpaired) electrons. The van der Waals surface area contributed by atoms with Gasteiger partial charge in [0.25, 0.3) is 0 Å². The number of benzene rings is 1. The second-order valence-corrected chi connectivity index (χ2v) is 4.51. The van der Waals surface area contributed by atoms with Crippen LogP contribution in [0.2, 0.25) is 0 Å². The third-order valence-corrected chi connectivity index (χ3v) is 2.70. The largest absolute Gasteiger partial charge is 0.372 e. The maximum Gasteiger partial charge on any atom is 0.246 e. The van der Waals surface area contributed by atoms with Gasteiger partial charge in [-0.3, -0.25) is 9.59 Å². The van der Waals surface area contributed by atoms with Crippen molar-refractivity contribution in [3.63, 3.8) is 0 Å². The van der Waals surface area contributed by atoms with Crippen molar-refractivity contribution >= 4 is 27.7 Å². The number of nitrogens with two attached hydrogens (primary N) is 1. The lowest BCUT2D eigenvalue weighted by Crippen LogP contribution is -2.39. The monoisotopic (exact) mass is 314 g/mol. The van der Waals surface area contributed by atoms with E-state index >= 15 is 0 Å². The van der Waals surface area contributed by atoms with Crippen molar-refractivity contribution in [2.75, 3.05) is 13.2 Å². The molecule has 1 aromatic rings. The minimum Gasteiger partial charge on any atom is -0.372 e. The first-order valence-electron chi connectivity index (χ1n) is 5.46. The molecule has 0 aliphatic rings. The number of rotatable bonds is 6. The van der Waals surface area contributed by atoms with Crippen molar-refractivity contribution in [3.8, 4) is 0 Å². The Labute approximate surface area is 114 Å². The highest BCUT2D eigenvalue weighted by molar-refractivity contribution is 9.10. The van der Waals surface area contributed by atoms with E-state index in [2.05, 4.69) is 21.2 Å². The Bertz CT molecular complexity index is 437. The number of ether oxygens (including phenoxy) is 1. The van der Waals surface area contributed by atoms with Gasteiger partial charge in [0, 0.05) is 11.1 Å². The maximum absolute atomic E-state index is 11.5. The SMILES string of the molecule is CCOCC(=O)N[C@H](C(N)=O)c1cccc(Br)c1. The van der Waals surface area contributed by atoms with Crippen molar-refractivity contribution in [2.45, 2.75) is 13.0 Å². The molecule has 5 nitrogen and oxygen atoms in total. The van der Waals surface area contributed by atoms with Crippen LogP contribution in [0.4, 0.5) is 0 Å². The molecule has 18 heavy (non-hydrogen) atoms. The molecule has 0 bridgehead atoms. The molecule has 0 aromatic heterocycles. The topological polar surface area (TPSA) is 81.4 Å². The van der Waals surface area contributed by atoms with Gasteiger partial charge < -0.3 is 15.8 Å². The van der Waals surface area contributed by atoms with E-state index < -0.39 is 11.9 Å². The molecule has 0 aliphatic heterocycles. The first kappa shape index (κ1) is 14.7. The van der Waals surface area contributed by atoms with Crippen molar-refractivity contribution in [3.05, 3.63) is 34.3 Å². The minimum absolute atomic E-state index is 0.0890. The molecule has 0 unspecified atom stereocenters. The summed E-state index contributed by atoms with van der Waals surface area (Å²) in [4.78, 5) is 22.9. The van der Waals surface area contributed by atoms with Crippen LogP contribution in [0, 0.1) is 0 Å². The summed E-state index contributed by atoms with van der Waals surface area (Å²) < 4.78 is 5.77. The number of primary amides is 1. The van der Waals surface area contributed by atoms with Crippen LogP contribution >= 0.6 is 15.9 Å². The van der Waals surface area contributed by atoms with Crippen LogP contribution in [-0.2, 0) is 14.3 Å². The van der Waals surface area contributed by atoms with Gasteiger partial charge in [-0.2, -0.15) is 0 Å². The van der Waals surface area contributed by atoms with Gasteiger partial charge in [0.2, 0.25) is 11.8 Å². The molecule has 0 heterocycles. The van der Waals surface area contributed by atoms with Gasteiger partial charge >= 0.3 is 0 Å². The average molecular weight is 315 g/mol. The van der Waals surface area contributed by atoms with Gasteiger partial charge in [-0.1, -0.05) is 28.1 Å². The van der Waals surface area contributed by atoms with E-state index in [0.29, 0.717) is 12.2 Å². The van der Waals surface area contributed by atoms with Crippen molar-refractivity contribution < 1.29 is 14.3 Å². The van der Waals surface area contributed by atoms with E-state index in [0.717, 1.165) is 4.47 Å². The van der Waals surface area contributed by atoms with E-state index in [1.807, 2.05) is 6.07 Å². The average Bonchev–Trinajstić information content (AvgIpc) is 2.33. The van der Waals surface area contributed by atoms with Crippen LogP contribution in [0.15, 0.2) is 28.7 Å². The molecule has 0 saturated heterocycles. The zero-order valence-electron chi connectivity index (χ0n) is 9.98. The van der Waals surface area contributed by atoms with Crippen molar-refractivity contribution in [1.29, 1.82) is 0 Å². The standard InChI is InChI=1S/C12H15BrN2O3/c1-2-18-7-10(16)15-11(12(14)17)8-4-3-5-9(13)6-8/h3-6,11H,2,7H2,1H3,(H2,14,17)(H,15,16)/t11-/m0/s1. The number of carbonyl (C=O) groups is 2. The molecule has 3 N–H and O–H groups in total. The molecule has 0 aliphatic carbocycles. The summed E-state index contributed by atoms with van der Waals surface area (Å²) in [6.07, 6.45) is 0. The van der Waals surface area contributed by atoms with Crippen LogP contribution < -0.4 is 11.1 Å². The molecular formula is C12H15BrN2O3. The molecule has 0 fully saturated rings. The number of hydrogen-bond donors (Lipinski definition) is 2. The Balaban J connectivity index is 2.77.